The van der Waals surface area contributed by atoms with Crippen LogP contribution in [0.5, 0.6) is 0 Å². The Hall–Kier alpha value is -1.72. The number of benzene rings is 2. The van der Waals surface area contributed by atoms with E-state index < -0.39 is 21.7 Å². The maximum Gasteiger partial charge on any atom is 0.288 e. The Morgan fingerprint density at radius 3 is 2.73 bits per heavy atom. The van der Waals surface area contributed by atoms with Crippen molar-refractivity contribution in [2.75, 3.05) is 18.5 Å². The third-order valence-corrected chi connectivity index (χ3v) is 7.05. The molecule has 2 aromatic rings. The van der Waals surface area contributed by atoms with Crippen molar-refractivity contribution in [1.29, 1.82) is 0 Å². The molecule has 0 spiro atoms. The molecule has 6 nitrogen and oxygen atoms in total. The molecule has 1 fully saturated rings. The van der Waals surface area contributed by atoms with Crippen LogP contribution in [0.15, 0.2) is 52.3 Å². The van der Waals surface area contributed by atoms with Gasteiger partial charge < -0.3 is 10.1 Å². The largest absolute Gasteiger partial charge is 0.377 e. The molecule has 0 bridgehead atoms. The normalized spacial score (nSPS) is 16.7. The molecule has 1 heterocycles. The monoisotopic (exact) mass is 476 g/mol. The first-order valence-corrected chi connectivity index (χ1v) is 11.8. The predicted molar refractivity (Wildman–Crippen MR) is 112 cm³/mol. The van der Waals surface area contributed by atoms with Gasteiger partial charge in [0.1, 0.15) is 4.90 Å². The molecule has 0 aliphatic carbocycles. The third kappa shape index (κ3) is 5.92. The van der Waals surface area contributed by atoms with E-state index in [1.807, 2.05) is 0 Å². The summed E-state index contributed by atoms with van der Waals surface area (Å²) in [7, 11) is -3.98. The van der Waals surface area contributed by atoms with E-state index in [2.05, 4.69) is 10.0 Å². The van der Waals surface area contributed by atoms with Crippen molar-refractivity contribution in [3.05, 3.63) is 53.1 Å². The second-order valence-electron chi connectivity index (χ2n) is 6.46. The first-order chi connectivity index (χ1) is 14.3. The molecular weight excluding hydrogens is 458 g/mol. The Labute approximate surface area is 182 Å². The van der Waals surface area contributed by atoms with Gasteiger partial charge in [-0.15, -0.1) is 0 Å². The number of thioether (sulfide) groups is 1. The maximum atomic E-state index is 12.7. The summed E-state index contributed by atoms with van der Waals surface area (Å²) in [6.07, 6.45) is 1.43. The summed E-state index contributed by atoms with van der Waals surface area (Å²) in [4.78, 5) is 12.6. The quantitative estimate of drug-likeness (QED) is 0.553. The van der Waals surface area contributed by atoms with Crippen LogP contribution in [0, 0.1) is 0 Å². The van der Waals surface area contributed by atoms with E-state index in [4.69, 9.17) is 16.3 Å². The van der Waals surface area contributed by atoms with Crippen LogP contribution in [0.2, 0.25) is 5.02 Å². The first kappa shape index (κ1) is 23.0. The van der Waals surface area contributed by atoms with Gasteiger partial charge in [-0.05, 0) is 43.2 Å². The number of alkyl halides is 2. The predicted octanol–water partition coefficient (Wildman–Crippen LogP) is 4.36. The molecular formula is C19H19ClF2N2O4S2. The van der Waals surface area contributed by atoms with Gasteiger partial charge in [-0.3, -0.25) is 4.79 Å². The van der Waals surface area contributed by atoms with Gasteiger partial charge in [-0.1, -0.05) is 35.5 Å². The summed E-state index contributed by atoms with van der Waals surface area (Å²) in [5, 5.41) is 2.49. The lowest BCUT2D eigenvalue weighted by molar-refractivity contribution is 0.102. The van der Waals surface area contributed by atoms with Crippen molar-refractivity contribution in [3.63, 3.8) is 0 Å². The number of carbonyl (C=O) groups is 1. The van der Waals surface area contributed by atoms with Crippen molar-refractivity contribution in [2.24, 2.45) is 0 Å². The highest BCUT2D eigenvalue weighted by Crippen LogP contribution is 2.32. The van der Waals surface area contributed by atoms with Crippen molar-refractivity contribution in [3.8, 4) is 0 Å². The third-order valence-electron chi connectivity index (χ3n) is 4.36. The fourth-order valence-electron chi connectivity index (χ4n) is 2.90. The molecule has 1 unspecified atom stereocenters. The standard InChI is InChI=1S/C19H19ClF2N2O4S2/c20-14-8-7-12(10-17(14)30(26,27)23-11-13-4-3-9-28-13)18(25)24-15-5-1-2-6-16(15)29-19(21)22/h1-2,5-8,10,13,19,23H,3-4,9,11H2,(H,24,25). The van der Waals surface area contributed by atoms with Crippen LogP contribution >= 0.6 is 23.4 Å². The van der Waals surface area contributed by atoms with Gasteiger partial charge in [-0.25, -0.2) is 13.1 Å². The number of nitrogens with one attached hydrogen (secondary N) is 2. The fraction of sp³-hybridized carbons (Fsp3) is 0.316. The van der Waals surface area contributed by atoms with E-state index in [0.29, 0.717) is 18.4 Å². The van der Waals surface area contributed by atoms with Gasteiger partial charge in [0.15, 0.2) is 0 Å². The molecule has 30 heavy (non-hydrogen) atoms. The molecule has 1 atom stereocenters. The van der Waals surface area contributed by atoms with E-state index in [1.54, 1.807) is 12.1 Å². The highest BCUT2D eigenvalue weighted by atomic mass is 35.5. The zero-order chi connectivity index (χ0) is 21.7. The average molecular weight is 477 g/mol. The van der Waals surface area contributed by atoms with E-state index in [-0.39, 0.29) is 38.7 Å². The van der Waals surface area contributed by atoms with Crippen molar-refractivity contribution < 1.29 is 26.7 Å². The Morgan fingerprint density at radius 2 is 2.03 bits per heavy atom. The lowest BCUT2D eigenvalue weighted by atomic mass is 10.2. The molecule has 1 aliphatic rings. The van der Waals surface area contributed by atoms with Gasteiger partial charge in [0.05, 0.1) is 16.8 Å². The number of para-hydroxylation sites is 1. The van der Waals surface area contributed by atoms with E-state index >= 15 is 0 Å². The Balaban J connectivity index is 1.78. The second kappa shape index (κ2) is 10.1. The van der Waals surface area contributed by atoms with Crippen LogP contribution in [0.3, 0.4) is 0 Å². The molecule has 11 heteroatoms. The number of carbonyl (C=O) groups excluding carboxylic acids is 1. The lowest BCUT2D eigenvalue weighted by Gasteiger charge is -2.14. The van der Waals surface area contributed by atoms with Crippen molar-refractivity contribution in [2.45, 2.75) is 34.5 Å². The van der Waals surface area contributed by atoms with Crippen LogP contribution < -0.4 is 10.0 Å². The minimum Gasteiger partial charge on any atom is -0.377 e. The summed E-state index contributed by atoms with van der Waals surface area (Å²) in [5.74, 6) is -3.30. The maximum absolute atomic E-state index is 12.7. The Kier molecular flexibility index (Phi) is 7.70. The lowest BCUT2D eigenvalue weighted by Crippen LogP contribution is -2.32. The van der Waals surface area contributed by atoms with E-state index in [9.17, 15) is 22.0 Å². The first-order valence-electron chi connectivity index (χ1n) is 9.02. The zero-order valence-electron chi connectivity index (χ0n) is 15.6. The zero-order valence-corrected chi connectivity index (χ0v) is 18.0. The van der Waals surface area contributed by atoms with E-state index in [1.165, 1.54) is 24.3 Å². The number of hydrogen-bond donors (Lipinski definition) is 2. The number of ether oxygens (including phenoxy) is 1. The molecule has 2 N–H and O–H groups in total. The second-order valence-corrected chi connectivity index (χ2v) is 9.64. The van der Waals surface area contributed by atoms with Gasteiger partial charge in [-0.2, -0.15) is 8.78 Å². The summed E-state index contributed by atoms with van der Waals surface area (Å²) in [6, 6.07) is 9.93. The molecule has 2 aromatic carbocycles. The highest BCUT2D eigenvalue weighted by Gasteiger charge is 2.23. The molecule has 0 aromatic heterocycles. The summed E-state index contributed by atoms with van der Waals surface area (Å²) in [6.45, 7) is 0.696. The Bertz CT molecular complexity index is 1020. The Morgan fingerprint density at radius 1 is 1.27 bits per heavy atom. The summed E-state index contributed by atoms with van der Waals surface area (Å²) in [5.41, 5.74) is 0.220. The van der Waals surface area contributed by atoms with Crippen LogP contribution in [0.4, 0.5) is 14.5 Å². The van der Waals surface area contributed by atoms with Gasteiger partial charge >= 0.3 is 0 Å². The van der Waals surface area contributed by atoms with Crippen molar-refractivity contribution >= 4 is 45.0 Å². The van der Waals surface area contributed by atoms with Crippen LogP contribution in [0.25, 0.3) is 0 Å². The number of amides is 1. The van der Waals surface area contributed by atoms with Crippen LogP contribution in [0.1, 0.15) is 23.2 Å². The minimum absolute atomic E-state index is 0.0220. The topological polar surface area (TPSA) is 84.5 Å². The van der Waals surface area contributed by atoms with Crippen LogP contribution in [-0.4, -0.2) is 39.3 Å². The fourth-order valence-corrected chi connectivity index (χ4v) is 5.08. The summed E-state index contributed by atoms with van der Waals surface area (Å²) >= 11 is 6.36. The number of sulfonamides is 1. The van der Waals surface area contributed by atoms with E-state index in [0.717, 1.165) is 18.9 Å². The SMILES string of the molecule is O=C(Nc1ccccc1SC(F)F)c1ccc(Cl)c(S(=O)(=O)NCC2CCCO2)c1. The van der Waals surface area contributed by atoms with Gasteiger partial charge in [0.25, 0.3) is 11.7 Å². The van der Waals surface area contributed by atoms with Crippen molar-refractivity contribution in [1.82, 2.24) is 4.72 Å². The molecule has 0 radical (unpaired) electrons. The smallest absolute Gasteiger partial charge is 0.288 e. The molecule has 1 aliphatic heterocycles. The summed E-state index contributed by atoms with van der Waals surface area (Å²) < 4.78 is 58.6. The number of rotatable bonds is 8. The molecule has 0 saturated carbocycles. The highest BCUT2D eigenvalue weighted by molar-refractivity contribution is 7.99. The number of halogens is 3. The average Bonchev–Trinajstić information content (AvgIpc) is 3.21. The molecule has 3 rings (SSSR count). The van der Waals surface area contributed by atoms with Gasteiger partial charge in [0, 0.05) is 23.6 Å². The van der Waals surface area contributed by atoms with Gasteiger partial charge in [0.2, 0.25) is 10.0 Å². The molecule has 162 valence electrons. The number of anilines is 1. The minimum atomic E-state index is -3.98. The van der Waals surface area contributed by atoms with Crippen LogP contribution in [-0.2, 0) is 14.8 Å². The molecule has 1 amide bonds. The molecule has 1 saturated heterocycles. The number of hydrogen-bond acceptors (Lipinski definition) is 5.